The highest BCUT2D eigenvalue weighted by Gasteiger charge is 2.27. The van der Waals surface area contributed by atoms with Crippen LogP contribution in [0.4, 0.5) is 0 Å². The molecule has 0 saturated carbocycles. The van der Waals surface area contributed by atoms with Gasteiger partial charge in [0.2, 0.25) is 0 Å². The third-order valence-electron chi connectivity index (χ3n) is 3.03. The van der Waals surface area contributed by atoms with E-state index in [0.717, 1.165) is 22.1 Å². The van der Waals surface area contributed by atoms with Crippen LogP contribution in [0.25, 0.3) is 10.8 Å². The van der Waals surface area contributed by atoms with Crippen molar-refractivity contribution in [1.82, 2.24) is 0 Å². The summed E-state index contributed by atoms with van der Waals surface area (Å²) in [6, 6.07) is 8.94. The van der Waals surface area contributed by atoms with E-state index < -0.39 is 6.10 Å². The highest BCUT2D eigenvalue weighted by Crippen LogP contribution is 2.41. The molecule has 3 nitrogen and oxygen atoms in total. The van der Waals surface area contributed by atoms with Crippen LogP contribution in [0.3, 0.4) is 0 Å². The van der Waals surface area contributed by atoms with E-state index >= 15 is 0 Å². The molecule has 0 bridgehead atoms. The predicted octanol–water partition coefficient (Wildman–Crippen LogP) is 2.36. The minimum Gasteiger partial charge on any atom is -0.508 e. The van der Waals surface area contributed by atoms with Crippen molar-refractivity contribution in [3.8, 4) is 11.5 Å². The zero-order valence-corrected chi connectivity index (χ0v) is 8.84. The van der Waals surface area contributed by atoms with E-state index in [1.54, 1.807) is 12.1 Å². The van der Waals surface area contributed by atoms with Gasteiger partial charge in [-0.25, -0.2) is 0 Å². The maximum absolute atomic E-state index is 10.0. The maximum Gasteiger partial charge on any atom is 0.128 e. The number of ether oxygens (including phenoxy) is 1. The topological polar surface area (TPSA) is 49.7 Å². The van der Waals surface area contributed by atoms with E-state index in [-0.39, 0.29) is 11.9 Å². The molecule has 0 fully saturated rings. The Kier molecular flexibility index (Phi) is 1.85. The first kappa shape index (κ1) is 9.48. The van der Waals surface area contributed by atoms with Crippen molar-refractivity contribution < 1.29 is 14.9 Å². The second-order valence-electron chi connectivity index (χ2n) is 4.16. The van der Waals surface area contributed by atoms with Gasteiger partial charge in [-0.05, 0) is 36.1 Å². The second kappa shape index (κ2) is 3.12. The molecule has 16 heavy (non-hydrogen) atoms. The van der Waals surface area contributed by atoms with E-state index in [1.165, 1.54) is 0 Å². The summed E-state index contributed by atoms with van der Waals surface area (Å²) >= 11 is 0. The number of rotatable bonds is 0. The number of aliphatic hydroxyl groups is 1. The average molecular weight is 216 g/mol. The fraction of sp³-hybridized carbons (Fsp3) is 0.231. The first-order valence-corrected chi connectivity index (χ1v) is 5.27. The monoisotopic (exact) mass is 216 g/mol. The lowest BCUT2D eigenvalue weighted by Gasteiger charge is -2.28. The summed E-state index contributed by atoms with van der Waals surface area (Å²) in [6.07, 6.45) is -0.982. The summed E-state index contributed by atoms with van der Waals surface area (Å²) in [7, 11) is 0. The molecule has 0 spiro atoms. The van der Waals surface area contributed by atoms with Gasteiger partial charge in [-0.15, -0.1) is 0 Å². The molecule has 3 heteroatoms. The van der Waals surface area contributed by atoms with Gasteiger partial charge < -0.3 is 14.9 Å². The molecule has 1 aliphatic heterocycles. The van der Waals surface area contributed by atoms with E-state index in [9.17, 15) is 10.2 Å². The van der Waals surface area contributed by atoms with Crippen LogP contribution < -0.4 is 4.74 Å². The van der Waals surface area contributed by atoms with Gasteiger partial charge in [0.1, 0.15) is 23.7 Å². The van der Waals surface area contributed by atoms with Crippen LogP contribution in [0.5, 0.6) is 11.5 Å². The molecule has 1 heterocycles. The number of hydrogen-bond donors (Lipinski definition) is 2. The number of benzene rings is 2. The number of phenols is 1. The predicted molar refractivity (Wildman–Crippen MR) is 60.7 cm³/mol. The molecule has 2 unspecified atom stereocenters. The van der Waals surface area contributed by atoms with Crippen LogP contribution >= 0.6 is 0 Å². The normalized spacial score (nSPS) is 23.1. The molecule has 82 valence electrons. The minimum absolute atomic E-state index is 0.174. The van der Waals surface area contributed by atoms with Crippen LogP contribution in [0.2, 0.25) is 0 Å². The first-order valence-electron chi connectivity index (χ1n) is 5.27. The van der Waals surface area contributed by atoms with E-state index in [1.807, 2.05) is 25.1 Å². The fourth-order valence-electron chi connectivity index (χ4n) is 2.26. The van der Waals surface area contributed by atoms with Crippen molar-refractivity contribution in [2.45, 2.75) is 19.1 Å². The maximum atomic E-state index is 10.0. The van der Waals surface area contributed by atoms with Crippen molar-refractivity contribution in [3.05, 3.63) is 35.9 Å². The Hall–Kier alpha value is -1.74. The van der Waals surface area contributed by atoms with Crippen LogP contribution in [0.1, 0.15) is 18.6 Å². The molecular formula is C13H12O3. The van der Waals surface area contributed by atoms with Crippen molar-refractivity contribution in [3.63, 3.8) is 0 Å². The molecule has 1 aliphatic rings. The Morgan fingerprint density at radius 2 is 2.06 bits per heavy atom. The van der Waals surface area contributed by atoms with Crippen molar-refractivity contribution in [2.24, 2.45) is 0 Å². The van der Waals surface area contributed by atoms with Crippen LogP contribution in [0.15, 0.2) is 30.3 Å². The molecule has 0 amide bonds. The number of phenolic OH excluding ortho intramolecular Hbond substituents is 1. The molecule has 2 atom stereocenters. The number of hydrogen-bond acceptors (Lipinski definition) is 3. The molecule has 2 aromatic carbocycles. The zero-order chi connectivity index (χ0) is 11.3. The van der Waals surface area contributed by atoms with Gasteiger partial charge in [0.05, 0.1) is 0 Å². The largest absolute Gasteiger partial charge is 0.508 e. The Morgan fingerprint density at radius 1 is 1.25 bits per heavy atom. The molecule has 0 radical (unpaired) electrons. The fourth-order valence-corrected chi connectivity index (χ4v) is 2.26. The van der Waals surface area contributed by atoms with Crippen molar-refractivity contribution in [2.75, 3.05) is 0 Å². The van der Waals surface area contributed by atoms with E-state index in [4.69, 9.17) is 4.74 Å². The summed E-state index contributed by atoms with van der Waals surface area (Å²) in [6.45, 7) is 1.82. The summed E-state index contributed by atoms with van der Waals surface area (Å²) in [5.41, 5.74) is 0.740. The Morgan fingerprint density at radius 3 is 2.88 bits per heavy atom. The van der Waals surface area contributed by atoms with Gasteiger partial charge in [0.25, 0.3) is 0 Å². The minimum atomic E-state index is -0.690. The molecule has 0 aromatic heterocycles. The standard InChI is InChI=1S/C13H12O3/c1-7-13(15)10-6-9(14)5-8-3-2-4-11(16-7)12(8)10/h2-7,13-15H,1H3. The third kappa shape index (κ3) is 1.18. The lowest BCUT2D eigenvalue weighted by molar-refractivity contribution is 0.0419. The number of aliphatic hydroxyl groups excluding tert-OH is 1. The summed E-state index contributed by atoms with van der Waals surface area (Å²) < 4.78 is 5.62. The molecule has 2 N–H and O–H groups in total. The van der Waals surface area contributed by atoms with E-state index in [2.05, 4.69) is 0 Å². The molecule has 3 rings (SSSR count). The number of aromatic hydroxyl groups is 1. The van der Waals surface area contributed by atoms with Gasteiger partial charge in [0.15, 0.2) is 0 Å². The zero-order valence-electron chi connectivity index (χ0n) is 8.84. The van der Waals surface area contributed by atoms with Gasteiger partial charge in [-0.2, -0.15) is 0 Å². The summed E-state index contributed by atoms with van der Waals surface area (Å²) in [4.78, 5) is 0. The molecule has 0 aliphatic carbocycles. The Labute approximate surface area is 92.9 Å². The van der Waals surface area contributed by atoms with Gasteiger partial charge >= 0.3 is 0 Å². The molecule has 0 saturated heterocycles. The van der Waals surface area contributed by atoms with Crippen molar-refractivity contribution >= 4 is 10.8 Å². The SMILES string of the molecule is CC1Oc2cccc3cc(O)cc(c23)C1O. The van der Waals surface area contributed by atoms with Gasteiger partial charge in [-0.1, -0.05) is 12.1 Å². The molecule has 2 aromatic rings. The lowest BCUT2D eigenvalue weighted by Crippen LogP contribution is -2.25. The highest BCUT2D eigenvalue weighted by atomic mass is 16.5. The second-order valence-corrected chi connectivity index (χ2v) is 4.16. The Balaban J connectivity index is 2.42. The summed E-state index contributed by atoms with van der Waals surface area (Å²) in [5.74, 6) is 0.943. The highest BCUT2D eigenvalue weighted by molar-refractivity contribution is 5.93. The molecular weight excluding hydrogens is 204 g/mol. The average Bonchev–Trinajstić information content (AvgIpc) is 2.25. The van der Waals surface area contributed by atoms with Crippen LogP contribution in [-0.2, 0) is 0 Å². The quantitative estimate of drug-likeness (QED) is 0.710. The third-order valence-corrected chi connectivity index (χ3v) is 3.03. The smallest absolute Gasteiger partial charge is 0.128 e. The van der Waals surface area contributed by atoms with Crippen LogP contribution in [0, 0.1) is 0 Å². The van der Waals surface area contributed by atoms with Crippen molar-refractivity contribution in [1.29, 1.82) is 0 Å². The van der Waals surface area contributed by atoms with E-state index in [0.29, 0.717) is 0 Å². The summed E-state index contributed by atoms with van der Waals surface area (Å²) in [5, 5.41) is 21.4. The Bertz CT molecular complexity index is 562. The van der Waals surface area contributed by atoms with Gasteiger partial charge in [0, 0.05) is 5.39 Å². The van der Waals surface area contributed by atoms with Crippen LogP contribution in [-0.4, -0.2) is 16.3 Å². The first-order chi connectivity index (χ1) is 7.66. The van der Waals surface area contributed by atoms with Gasteiger partial charge in [-0.3, -0.25) is 0 Å². The lowest BCUT2D eigenvalue weighted by atomic mass is 9.94.